The lowest BCUT2D eigenvalue weighted by Crippen LogP contribution is -2.13. The highest BCUT2D eigenvalue weighted by molar-refractivity contribution is 5.55. The normalized spacial score (nSPS) is 18.4. The number of benzene rings is 1. The van der Waals surface area contributed by atoms with Crippen LogP contribution in [0.2, 0.25) is 0 Å². The maximum atomic E-state index is 13.8. The van der Waals surface area contributed by atoms with Gasteiger partial charge in [-0.15, -0.1) is 0 Å². The van der Waals surface area contributed by atoms with Gasteiger partial charge in [0.25, 0.3) is 0 Å². The summed E-state index contributed by atoms with van der Waals surface area (Å²) in [5.41, 5.74) is 2.03. The van der Waals surface area contributed by atoms with Gasteiger partial charge in [0.1, 0.15) is 11.6 Å². The number of nitrogens with zero attached hydrogens (tertiary/aromatic N) is 3. The summed E-state index contributed by atoms with van der Waals surface area (Å²) in [6.45, 7) is 2.28. The Bertz CT molecular complexity index is 848. The highest BCUT2D eigenvalue weighted by Crippen LogP contribution is 2.38. The Labute approximate surface area is 193 Å². The Kier molecular flexibility index (Phi) is 10.1. The first-order valence-electron chi connectivity index (χ1n) is 12.7. The minimum Gasteiger partial charge on any atom is -0.235 e. The molecule has 3 nitrogen and oxygen atoms in total. The van der Waals surface area contributed by atoms with Crippen LogP contribution in [0.4, 0.5) is 4.39 Å². The van der Waals surface area contributed by atoms with Crippen LogP contribution in [-0.2, 0) is 0 Å². The van der Waals surface area contributed by atoms with Gasteiger partial charge in [0.15, 0.2) is 5.82 Å². The summed E-state index contributed by atoms with van der Waals surface area (Å²) < 4.78 is 13.8. The topological polar surface area (TPSA) is 49.6 Å². The molecule has 1 aliphatic carbocycles. The van der Waals surface area contributed by atoms with Crippen molar-refractivity contribution in [2.75, 3.05) is 0 Å². The predicted molar refractivity (Wildman–Crippen MR) is 129 cm³/mol. The van der Waals surface area contributed by atoms with Gasteiger partial charge in [-0.2, -0.15) is 14.6 Å². The van der Waals surface area contributed by atoms with E-state index in [2.05, 4.69) is 29.0 Å². The maximum absolute atomic E-state index is 13.8. The maximum Gasteiger partial charge on any atom is 0.234 e. The first kappa shape index (κ1) is 24.4. The average molecular weight is 436 g/mol. The second kappa shape index (κ2) is 13.3. The van der Waals surface area contributed by atoms with Crippen molar-refractivity contribution in [1.82, 2.24) is 9.97 Å². The molecule has 3 rings (SSSR count). The second-order valence-corrected chi connectivity index (χ2v) is 9.47. The molecule has 0 radical (unpaired) electrons. The monoisotopic (exact) mass is 435 g/mol. The summed E-state index contributed by atoms with van der Waals surface area (Å²) >= 11 is 0. The van der Waals surface area contributed by atoms with Gasteiger partial charge in [-0.25, -0.2) is 4.98 Å². The van der Waals surface area contributed by atoms with E-state index < -0.39 is 5.95 Å². The third kappa shape index (κ3) is 7.40. The first-order chi connectivity index (χ1) is 15.7. The molecule has 0 amide bonds. The number of rotatable bonds is 12. The molecule has 0 atom stereocenters. The summed E-state index contributed by atoms with van der Waals surface area (Å²) in [6.07, 6.45) is 20.5. The molecule has 0 saturated heterocycles. The highest BCUT2D eigenvalue weighted by atomic mass is 19.1. The van der Waals surface area contributed by atoms with Crippen LogP contribution in [0.25, 0.3) is 11.4 Å². The van der Waals surface area contributed by atoms with Crippen LogP contribution in [0.15, 0.2) is 30.5 Å². The zero-order chi connectivity index (χ0) is 22.6. The van der Waals surface area contributed by atoms with Crippen LogP contribution in [-0.4, -0.2) is 9.97 Å². The number of halogens is 1. The summed E-state index contributed by atoms with van der Waals surface area (Å²) in [5.74, 6) is 1.11. The van der Waals surface area contributed by atoms with Gasteiger partial charge in [-0.05, 0) is 43.1 Å². The molecule has 4 heteroatoms. The van der Waals surface area contributed by atoms with Crippen molar-refractivity contribution in [3.63, 3.8) is 0 Å². The van der Waals surface area contributed by atoms with Crippen molar-refractivity contribution in [3.05, 3.63) is 47.5 Å². The smallest absolute Gasteiger partial charge is 0.234 e. The van der Waals surface area contributed by atoms with Crippen LogP contribution in [0.3, 0.4) is 0 Å². The third-order valence-corrected chi connectivity index (χ3v) is 7.07. The summed E-state index contributed by atoms with van der Waals surface area (Å²) in [7, 11) is 0. The summed E-state index contributed by atoms with van der Waals surface area (Å²) in [6, 6.07) is 9.99. The van der Waals surface area contributed by atoms with E-state index >= 15 is 0 Å². The second-order valence-electron chi connectivity index (χ2n) is 9.47. The Balaban J connectivity index is 1.35. The number of aromatic nitrogens is 2. The van der Waals surface area contributed by atoms with Gasteiger partial charge in [0.2, 0.25) is 5.95 Å². The van der Waals surface area contributed by atoms with Crippen molar-refractivity contribution >= 4 is 0 Å². The Hall–Kier alpha value is -2.28. The molecular formula is C28H38FN3. The SMILES string of the molecule is CCCCCCCCCCCC1CCC(c2ccc(-c3ncc(C#N)c(F)n3)cc2)CC1. The zero-order valence-corrected chi connectivity index (χ0v) is 19.7. The molecule has 1 aromatic heterocycles. The van der Waals surface area contributed by atoms with E-state index in [1.54, 1.807) is 6.07 Å². The van der Waals surface area contributed by atoms with Gasteiger partial charge >= 0.3 is 0 Å². The fraction of sp³-hybridized carbons (Fsp3) is 0.607. The largest absolute Gasteiger partial charge is 0.235 e. The highest BCUT2D eigenvalue weighted by Gasteiger charge is 2.22. The van der Waals surface area contributed by atoms with E-state index in [1.807, 2.05) is 12.1 Å². The van der Waals surface area contributed by atoms with Gasteiger partial charge in [-0.3, -0.25) is 0 Å². The first-order valence-corrected chi connectivity index (χ1v) is 12.7. The van der Waals surface area contributed by atoms with Gasteiger partial charge in [0, 0.05) is 5.56 Å². The van der Waals surface area contributed by atoms with Crippen LogP contribution < -0.4 is 0 Å². The standard InChI is InChI=1S/C28H38FN3/c1-2-3-4-5-6-7-8-9-10-11-22-12-14-23(15-13-22)24-16-18-25(19-17-24)28-31-21-26(20-30)27(29)32-28/h16-19,21-23H,2-15H2,1H3. The van der Waals surface area contributed by atoms with Crippen LogP contribution >= 0.6 is 0 Å². The van der Waals surface area contributed by atoms with Crippen molar-refractivity contribution in [3.8, 4) is 17.5 Å². The van der Waals surface area contributed by atoms with Crippen LogP contribution in [0, 0.1) is 23.2 Å². The van der Waals surface area contributed by atoms with Gasteiger partial charge < -0.3 is 0 Å². The van der Waals surface area contributed by atoms with E-state index in [9.17, 15) is 4.39 Å². The number of nitriles is 1. The van der Waals surface area contributed by atoms with E-state index in [1.165, 1.54) is 102 Å². The van der Waals surface area contributed by atoms with Crippen LogP contribution in [0.5, 0.6) is 0 Å². The number of hydrogen-bond acceptors (Lipinski definition) is 3. The molecule has 172 valence electrons. The molecule has 0 bridgehead atoms. The van der Waals surface area contributed by atoms with Gasteiger partial charge in [0.05, 0.1) is 6.20 Å². The minimum atomic E-state index is -0.758. The van der Waals surface area contributed by atoms with Crippen molar-refractivity contribution in [1.29, 1.82) is 5.26 Å². The molecule has 1 heterocycles. The fourth-order valence-electron chi connectivity index (χ4n) is 5.01. The number of unbranched alkanes of at least 4 members (excludes halogenated alkanes) is 8. The summed E-state index contributed by atoms with van der Waals surface area (Å²) in [4.78, 5) is 7.95. The summed E-state index contributed by atoms with van der Waals surface area (Å²) in [5, 5.41) is 8.82. The van der Waals surface area contributed by atoms with Gasteiger partial charge in [-0.1, -0.05) is 95.4 Å². The average Bonchev–Trinajstić information content (AvgIpc) is 2.83. The van der Waals surface area contributed by atoms with E-state index in [4.69, 9.17) is 5.26 Å². The molecule has 1 aliphatic rings. The molecule has 1 fully saturated rings. The lowest BCUT2D eigenvalue weighted by Gasteiger charge is -2.29. The van der Waals surface area contributed by atoms with E-state index in [-0.39, 0.29) is 5.56 Å². The molecule has 2 aromatic rings. The van der Waals surface area contributed by atoms with Crippen molar-refractivity contribution in [2.24, 2.45) is 5.92 Å². The quantitative estimate of drug-likeness (QED) is 0.248. The molecule has 1 saturated carbocycles. The molecule has 0 spiro atoms. The molecular weight excluding hydrogens is 397 g/mol. The lowest BCUT2D eigenvalue weighted by molar-refractivity contribution is 0.302. The minimum absolute atomic E-state index is 0.121. The van der Waals surface area contributed by atoms with E-state index in [0.29, 0.717) is 11.7 Å². The van der Waals surface area contributed by atoms with E-state index in [0.717, 1.165) is 11.5 Å². The lowest BCUT2D eigenvalue weighted by atomic mass is 9.77. The Morgan fingerprint density at radius 1 is 0.906 bits per heavy atom. The molecule has 0 aliphatic heterocycles. The predicted octanol–water partition coefficient (Wildman–Crippen LogP) is 8.35. The Morgan fingerprint density at radius 3 is 2.12 bits per heavy atom. The zero-order valence-electron chi connectivity index (χ0n) is 19.7. The molecule has 1 aromatic carbocycles. The third-order valence-electron chi connectivity index (χ3n) is 7.07. The molecule has 0 N–H and O–H groups in total. The fourth-order valence-corrected chi connectivity index (χ4v) is 5.01. The molecule has 32 heavy (non-hydrogen) atoms. The Morgan fingerprint density at radius 2 is 1.53 bits per heavy atom. The van der Waals surface area contributed by atoms with Crippen molar-refractivity contribution < 1.29 is 4.39 Å². The number of hydrogen-bond donors (Lipinski definition) is 0. The molecule has 0 unspecified atom stereocenters. The van der Waals surface area contributed by atoms with Crippen molar-refractivity contribution in [2.45, 2.75) is 103 Å². The van der Waals surface area contributed by atoms with Crippen LogP contribution in [0.1, 0.15) is 114 Å².